The summed E-state index contributed by atoms with van der Waals surface area (Å²) in [4.78, 5) is 15.2. The molecule has 1 aromatic heterocycles. The Hall–Kier alpha value is -2.99. The molecule has 1 saturated heterocycles. The fourth-order valence-corrected chi connectivity index (χ4v) is 3.39. The van der Waals surface area contributed by atoms with Crippen molar-refractivity contribution in [3.8, 4) is 11.1 Å². The average Bonchev–Trinajstić information content (AvgIpc) is 2.69. The number of nitrogens with zero attached hydrogens (tertiary/aromatic N) is 4. The SMILES string of the molecule is Cc1cccc(-c2ccc(Nc3ncnc(N4CCCC(N)C4)n3)cc2)c1. The smallest absolute Gasteiger partial charge is 0.231 e. The van der Waals surface area contributed by atoms with Gasteiger partial charge in [-0.2, -0.15) is 4.98 Å². The molecule has 138 valence electrons. The normalized spacial score (nSPS) is 17.0. The monoisotopic (exact) mass is 360 g/mol. The third-order valence-corrected chi connectivity index (χ3v) is 4.79. The Morgan fingerprint density at radius 3 is 2.70 bits per heavy atom. The molecule has 4 rings (SSSR count). The highest BCUT2D eigenvalue weighted by Gasteiger charge is 2.19. The van der Waals surface area contributed by atoms with Crippen LogP contribution in [0.15, 0.2) is 54.9 Å². The van der Waals surface area contributed by atoms with Gasteiger partial charge in [-0.3, -0.25) is 0 Å². The maximum Gasteiger partial charge on any atom is 0.231 e. The zero-order valence-corrected chi connectivity index (χ0v) is 15.5. The van der Waals surface area contributed by atoms with Gasteiger partial charge in [0.15, 0.2) is 0 Å². The Labute approximate surface area is 159 Å². The fourth-order valence-electron chi connectivity index (χ4n) is 3.39. The number of aryl methyl sites for hydroxylation is 1. The molecule has 6 heteroatoms. The summed E-state index contributed by atoms with van der Waals surface area (Å²) in [7, 11) is 0. The number of nitrogens with one attached hydrogen (secondary N) is 1. The van der Waals surface area contributed by atoms with Crippen LogP contribution in [0.5, 0.6) is 0 Å². The summed E-state index contributed by atoms with van der Waals surface area (Å²) in [5.74, 6) is 1.22. The van der Waals surface area contributed by atoms with Crippen LogP contribution in [-0.2, 0) is 0 Å². The number of hydrogen-bond acceptors (Lipinski definition) is 6. The van der Waals surface area contributed by atoms with Crippen LogP contribution in [0.1, 0.15) is 18.4 Å². The Morgan fingerprint density at radius 1 is 1.07 bits per heavy atom. The van der Waals surface area contributed by atoms with E-state index in [1.165, 1.54) is 16.7 Å². The average molecular weight is 360 g/mol. The Bertz CT molecular complexity index is 909. The van der Waals surface area contributed by atoms with Crippen molar-refractivity contribution in [1.82, 2.24) is 15.0 Å². The summed E-state index contributed by atoms with van der Waals surface area (Å²) in [6.45, 7) is 3.82. The molecule has 2 heterocycles. The zero-order chi connectivity index (χ0) is 18.6. The molecule has 6 nitrogen and oxygen atoms in total. The quantitative estimate of drug-likeness (QED) is 0.741. The molecule has 1 atom stereocenters. The summed E-state index contributed by atoms with van der Waals surface area (Å²) in [6, 6.07) is 17.0. The van der Waals surface area contributed by atoms with Crippen molar-refractivity contribution >= 4 is 17.6 Å². The van der Waals surface area contributed by atoms with Crippen molar-refractivity contribution in [3.63, 3.8) is 0 Å². The van der Waals surface area contributed by atoms with Gasteiger partial charge in [0.2, 0.25) is 11.9 Å². The molecule has 0 amide bonds. The molecule has 27 heavy (non-hydrogen) atoms. The molecule has 0 saturated carbocycles. The first kappa shape index (κ1) is 17.4. The van der Waals surface area contributed by atoms with Gasteiger partial charge < -0.3 is 16.0 Å². The van der Waals surface area contributed by atoms with Gasteiger partial charge in [-0.05, 0) is 43.0 Å². The molecule has 0 bridgehead atoms. The van der Waals surface area contributed by atoms with Gasteiger partial charge in [0.1, 0.15) is 6.33 Å². The summed E-state index contributed by atoms with van der Waals surface area (Å²) < 4.78 is 0. The predicted octanol–water partition coefficient (Wildman–Crippen LogP) is 3.52. The lowest BCUT2D eigenvalue weighted by atomic mass is 10.0. The summed E-state index contributed by atoms with van der Waals surface area (Å²) in [5, 5.41) is 3.26. The highest BCUT2D eigenvalue weighted by Crippen LogP contribution is 2.23. The third kappa shape index (κ3) is 4.23. The number of anilines is 3. The van der Waals surface area contributed by atoms with E-state index in [1.54, 1.807) is 6.33 Å². The fraction of sp³-hybridized carbons (Fsp3) is 0.286. The number of piperidine rings is 1. The summed E-state index contributed by atoms with van der Waals surface area (Å²) in [6.07, 6.45) is 3.67. The molecule has 3 N–H and O–H groups in total. The van der Waals surface area contributed by atoms with Crippen LogP contribution in [-0.4, -0.2) is 34.1 Å². The molecule has 3 aromatic rings. The maximum atomic E-state index is 6.07. The van der Waals surface area contributed by atoms with E-state index in [4.69, 9.17) is 5.73 Å². The van der Waals surface area contributed by atoms with Gasteiger partial charge >= 0.3 is 0 Å². The van der Waals surface area contributed by atoms with Crippen molar-refractivity contribution in [2.24, 2.45) is 5.73 Å². The number of aromatic nitrogens is 3. The van der Waals surface area contributed by atoms with Gasteiger partial charge in [0.25, 0.3) is 0 Å². The van der Waals surface area contributed by atoms with E-state index in [1.807, 2.05) is 12.1 Å². The molecule has 0 spiro atoms. The van der Waals surface area contributed by atoms with Crippen LogP contribution < -0.4 is 16.0 Å². The molecule has 1 fully saturated rings. The van der Waals surface area contributed by atoms with Crippen LogP contribution in [0.3, 0.4) is 0 Å². The minimum atomic E-state index is 0.182. The molecule has 1 aliphatic heterocycles. The molecule has 0 aliphatic carbocycles. The van der Waals surface area contributed by atoms with Gasteiger partial charge in [-0.25, -0.2) is 9.97 Å². The first-order valence-electron chi connectivity index (χ1n) is 9.31. The zero-order valence-electron chi connectivity index (χ0n) is 15.5. The maximum absolute atomic E-state index is 6.07. The standard InChI is InChI=1S/C21H24N6/c1-15-4-2-5-17(12-15)16-7-9-19(10-8-16)25-20-23-14-24-21(26-20)27-11-3-6-18(22)13-27/h2,4-5,7-10,12,14,18H,3,6,11,13,22H2,1H3,(H,23,24,25,26). The van der Waals surface area contributed by atoms with Gasteiger partial charge in [-0.1, -0.05) is 42.0 Å². The van der Waals surface area contributed by atoms with Crippen molar-refractivity contribution < 1.29 is 0 Å². The number of hydrogen-bond donors (Lipinski definition) is 2. The van der Waals surface area contributed by atoms with E-state index in [-0.39, 0.29) is 6.04 Å². The van der Waals surface area contributed by atoms with Crippen molar-refractivity contribution in [1.29, 1.82) is 0 Å². The highest BCUT2D eigenvalue weighted by atomic mass is 15.3. The van der Waals surface area contributed by atoms with E-state index in [2.05, 4.69) is 68.5 Å². The molecule has 1 aliphatic rings. The molecular formula is C21H24N6. The van der Waals surface area contributed by atoms with Crippen molar-refractivity contribution in [2.45, 2.75) is 25.8 Å². The minimum Gasteiger partial charge on any atom is -0.339 e. The summed E-state index contributed by atoms with van der Waals surface area (Å²) in [5.41, 5.74) is 10.7. The molecule has 2 aromatic carbocycles. The Kier molecular flexibility index (Phi) is 4.98. The number of benzene rings is 2. The van der Waals surface area contributed by atoms with Crippen molar-refractivity contribution in [2.75, 3.05) is 23.3 Å². The molecular weight excluding hydrogens is 336 g/mol. The Morgan fingerprint density at radius 2 is 1.93 bits per heavy atom. The predicted molar refractivity (Wildman–Crippen MR) is 109 cm³/mol. The molecule has 0 radical (unpaired) electrons. The van der Waals surface area contributed by atoms with Gasteiger partial charge in [0.05, 0.1) is 0 Å². The van der Waals surface area contributed by atoms with E-state index in [9.17, 15) is 0 Å². The first-order valence-corrected chi connectivity index (χ1v) is 9.31. The van der Waals surface area contributed by atoms with Gasteiger partial charge in [-0.15, -0.1) is 0 Å². The van der Waals surface area contributed by atoms with E-state index in [0.29, 0.717) is 11.9 Å². The van der Waals surface area contributed by atoms with Crippen LogP contribution >= 0.6 is 0 Å². The van der Waals surface area contributed by atoms with E-state index >= 15 is 0 Å². The van der Waals surface area contributed by atoms with Gasteiger partial charge in [0, 0.05) is 24.8 Å². The van der Waals surface area contributed by atoms with Crippen LogP contribution in [0.4, 0.5) is 17.6 Å². The second-order valence-electron chi connectivity index (χ2n) is 7.03. The first-order chi connectivity index (χ1) is 13.2. The van der Waals surface area contributed by atoms with E-state index in [0.717, 1.165) is 31.6 Å². The van der Waals surface area contributed by atoms with Crippen molar-refractivity contribution in [3.05, 3.63) is 60.4 Å². The van der Waals surface area contributed by atoms with Crippen LogP contribution in [0.2, 0.25) is 0 Å². The topological polar surface area (TPSA) is 80.0 Å². The Balaban J connectivity index is 1.48. The third-order valence-electron chi connectivity index (χ3n) is 4.79. The lowest BCUT2D eigenvalue weighted by molar-refractivity contribution is 0.499. The number of rotatable bonds is 4. The summed E-state index contributed by atoms with van der Waals surface area (Å²) >= 11 is 0. The minimum absolute atomic E-state index is 0.182. The van der Waals surface area contributed by atoms with Crippen LogP contribution in [0, 0.1) is 6.92 Å². The number of nitrogens with two attached hydrogens (primary N) is 1. The molecule has 1 unspecified atom stereocenters. The largest absolute Gasteiger partial charge is 0.339 e. The van der Waals surface area contributed by atoms with Crippen LogP contribution in [0.25, 0.3) is 11.1 Å². The second-order valence-corrected chi connectivity index (χ2v) is 7.03. The van der Waals surface area contributed by atoms with E-state index < -0.39 is 0 Å². The highest BCUT2D eigenvalue weighted by molar-refractivity contribution is 5.67. The lowest BCUT2D eigenvalue weighted by Crippen LogP contribution is -2.43. The lowest BCUT2D eigenvalue weighted by Gasteiger charge is -2.30. The second kappa shape index (κ2) is 7.72.